The molecule has 1 aliphatic heterocycles. The highest BCUT2D eigenvalue weighted by atomic mass is 16.2. The van der Waals surface area contributed by atoms with Gasteiger partial charge in [-0.1, -0.05) is 26.2 Å². The monoisotopic (exact) mass is 327 g/mol. The number of amides is 1. The maximum Gasteiger partial charge on any atom is 0.264 e. The van der Waals surface area contributed by atoms with Gasteiger partial charge in [0.2, 0.25) is 0 Å². The van der Waals surface area contributed by atoms with Crippen LogP contribution in [-0.2, 0) is 11.3 Å². The van der Waals surface area contributed by atoms with Gasteiger partial charge in [-0.05, 0) is 50.8 Å². The second-order valence-electron chi connectivity index (χ2n) is 6.71. The van der Waals surface area contributed by atoms with Gasteiger partial charge in [-0.15, -0.1) is 0 Å². The molecule has 2 rings (SSSR count). The predicted molar refractivity (Wildman–Crippen MR) is 97.5 cm³/mol. The first-order valence-corrected chi connectivity index (χ1v) is 9.16. The van der Waals surface area contributed by atoms with E-state index in [1.807, 2.05) is 4.90 Å². The third-order valence-electron chi connectivity index (χ3n) is 4.85. The summed E-state index contributed by atoms with van der Waals surface area (Å²) in [4.78, 5) is 14.6. The molecular weight excluding hydrogens is 298 g/mol. The molecule has 1 fully saturated rings. The number of hydrogen-bond acceptors (Lipinski definition) is 2. The van der Waals surface area contributed by atoms with Crippen LogP contribution in [0.2, 0.25) is 0 Å². The van der Waals surface area contributed by atoms with E-state index >= 15 is 0 Å². The first kappa shape index (κ1) is 18.3. The average molecular weight is 327 g/mol. The molecule has 0 atom stereocenters. The lowest BCUT2D eigenvalue weighted by Crippen LogP contribution is -2.34. The van der Waals surface area contributed by atoms with E-state index in [9.17, 15) is 10.1 Å². The van der Waals surface area contributed by atoms with Gasteiger partial charge >= 0.3 is 0 Å². The minimum absolute atomic E-state index is 0.111. The van der Waals surface area contributed by atoms with Crippen molar-refractivity contribution in [1.82, 2.24) is 9.47 Å². The van der Waals surface area contributed by atoms with Crippen molar-refractivity contribution in [3.63, 3.8) is 0 Å². The molecule has 1 saturated heterocycles. The Balaban J connectivity index is 2.23. The molecule has 24 heavy (non-hydrogen) atoms. The number of aromatic nitrogens is 1. The van der Waals surface area contributed by atoms with Gasteiger partial charge < -0.3 is 9.47 Å². The molecule has 2 heterocycles. The summed E-state index contributed by atoms with van der Waals surface area (Å²) >= 11 is 0. The maximum atomic E-state index is 12.8. The van der Waals surface area contributed by atoms with Gasteiger partial charge in [-0.3, -0.25) is 4.79 Å². The zero-order valence-corrected chi connectivity index (χ0v) is 15.3. The van der Waals surface area contributed by atoms with Crippen LogP contribution >= 0.6 is 0 Å². The molecule has 130 valence electrons. The molecule has 0 N–H and O–H groups in total. The summed E-state index contributed by atoms with van der Waals surface area (Å²) < 4.78 is 2.25. The average Bonchev–Trinajstić information content (AvgIpc) is 2.79. The zero-order chi connectivity index (χ0) is 17.5. The summed E-state index contributed by atoms with van der Waals surface area (Å²) in [6, 6.07) is 4.20. The van der Waals surface area contributed by atoms with Gasteiger partial charge in [0.05, 0.1) is 0 Å². The molecule has 0 aliphatic carbocycles. The summed E-state index contributed by atoms with van der Waals surface area (Å²) in [6.45, 7) is 8.80. The molecule has 0 bridgehead atoms. The highest BCUT2D eigenvalue weighted by Crippen LogP contribution is 2.20. The van der Waals surface area contributed by atoms with E-state index in [0.717, 1.165) is 50.2 Å². The second kappa shape index (κ2) is 8.73. The van der Waals surface area contributed by atoms with Crippen molar-refractivity contribution in [1.29, 1.82) is 5.26 Å². The van der Waals surface area contributed by atoms with E-state index < -0.39 is 0 Å². The Kier molecular flexibility index (Phi) is 6.66. The highest BCUT2D eigenvalue weighted by molar-refractivity contribution is 6.01. The lowest BCUT2D eigenvalue weighted by molar-refractivity contribution is -0.127. The van der Waals surface area contributed by atoms with Crippen molar-refractivity contribution >= 4 is 12.0 Å². The summed E-state index contributed by atoms with van der Waals surface area (Å²) in [7, 11) is 0. The lowest BCUT2D eigenvalue weighted by atomic mass is 10.1. The Bertz CT molecular complexity index is 641. The number of carbonyl (C=O) groups excluding carboxylic acids is 1. The number of rotatable bonds is 4. The van der Waals surface area contributed by atoms with E-state index in [1.54, 1.807) is 6.08 Å². The number of likely N-dealkylation sites (tertiary alicyclic amines) is 1. The molecule has 1 aliphatic rings. The van der Waals surface area contributed by atoms with Crippen LogP contribution in [0.15, 0.2) is 11.6 Å². The molecule has 0 unspecified atom stereocenters. The largest absolute Gasteiger partial charge is 0.349 e. The fourth-order valence-electron chi connectivity index (χ4n) is 3.46. The Labute approximate surface area is 145 Å². The summed E-state index contributed by atoms with van der Waals surface area (Å²) in [5, 5.41) is 9.51. The third kappa shape index (κ3) is 4.29. The van der Waals surface area contributed by atoms with Crippen molar-refractivity contribution in [3.05, 3.63) is 28.6 Å². The van der Waals surface area contributed by atoms with Gasteiger partial charge in [0.15, 0.2) is 0 Å². The molecule has 1 aromatic heterocycles. The zero-order valence-electron chi connectivity index (χ0n) is 15.3. The molecule has 0 spiro atoms. The molecule has 4 nitrogen and oxygen atoms in total. The van der Waals surface area contributed by atoms with Crippen LogP contribution in [0.1, 0.15) is 62.4 Å². The predicted octanol–water partition coefficient (Wildman–Crippen LogP) is 4.21. The fraction of sp³-hybridized carbons (Fsp3) is 0.600. The molecule has 1 aromatic rings. The molecular formula is C20H29N3O. The van der Waals surface area contributed by atoms with E-state index in [2.05, 4.69) is 37.5 Å². The number of nitriles is 1. The fourth-order valence-corrected chi connectivity index (χ4v) is 3.46. The van der Waals surface area contributed by atoms with Gasteiger partial charge in [0.1, 0.15) is 11.6 Å². The third-order valence-corrected chi connectivity index (χ3v) is 4.85. The SMILES string of the molecule is CCCn1c(C)cc(/C=C(/C#N)C(=O)N2CCCCCCC2)c1C. The Morgan fingerprint density at radius 3 is 2.42 bits per heavy atom. The van der Waals surface area contributed by atoms with E-state index in [1.165, 1.54) is 25.0 Å². The van der Waals surface area contributed by atoms with E-state index in [0.29, 0.717) is 0 Å². The van der Waals surface area contributed by atoms with Crippen molar-refractivity contribution in [2.75, 3.05) is 13.1 Å². The van der Waals surface area contributed by atoms with Gasteiger partial charge in [-0.25, -0.2) is 0 Å². The quantitative estimate of drug-likeness (QED) is 0.614. The van der Waals surface area contributed by atoms with Crippen molar-refractivity contribution in [3.8, 4) is 6.07 Å². The molecule has 4 heteroatoms. The van der Waals surface area contributed by atoms with Gasteiger partial charge in [-0.2, -0.15) is 5.26 Å². The van der Waals surface area contributed by atoms with Gasteiger partial charge in [0.25, 0.3) is 5.91 Å². The van der Waals surface area contributed by atoms with Crippen LogP contribution in [-0.4, -0.2) is 28.5 Å². The van der Waals surface area contributed by atoms with Crippen LogP contribution < -0.4 is 0 Å². The lowest BCUT2D eigenvalue weighted by Gasteiger charge is -2.24. The number of nitrogens with zero attached hydrogens (tertiary/aromatic N) is 3. The van der Waals surface area contributed by atoms with E-state index in [-0.39, 0.29) is 11.5 Å². The van der Waals surface area contributed by atoms with Crippen LogP contribution in [0.3, 0.4) is 0 Å². The molecule has 0 aromatic carbocycles. The summed E-state index contributed by atoms with van der Waals surface area (Å²) in [6.07, 6.45) is 8.52. The molecule has 0 radical (unpaired) electrons. The minimum atomic E-state index is -0.111. The molecule has 1 amide bonds. The van der Waals surface area contributed by atoms with E-state index in [4.69, 9.17) is 0 Å². The van der Waals surface area contributed by atoms with Crippen LogP contribution in [0.4, 0.5) is 0 Å². The number of carbonyl (C=O) groups is 1. The summed E-state index contributed by atoms with van der Waals surface area (Å²) in [5.41, 5.74) is 3.55. The number of aryl methyl sites for hydroxylation is 1. The minimum Gasteiger partial charge on any atom is -0.349 e. The normalized spacial score (nSPS) is 16.4. The first-order chi connectivity index (χ1) is 11.6. The first-order valence-electron chi connectivity index (χ1n) is 9.16. The van der Waals surface area contributed by atoms with Crippen molar-refractivity contribution < 1.29 is 4.79 Å². The Morgan fingerprint density at radius 2 is 1.83 bits per heavy atom. The van der Waals surface area contributed by atoms with Gasteiger partial charge in [0, 0.05) is 31.0 Å². The Hall–Kier alpha value is -2.02. The molecule has 0 saturated carbocycles. The van der Waals surface area contributed by atoms with Crippen molar-refractivity contribution in [2.45, 2.75) is 65.8 Å². The highest BCUT2D eigenvalue weighted by Gasteiger charge is 2.19. The maximum absolute atomic E-state index is 12.8. The Morgan fingerprint density at radius 1 is 1.21 bits per heavy atom. The standard InChI is InChI=1S/C20H29N3O/c1-4-10-23-16(2)13-18(17(23)3)14-19(15-21)20(24)22-11-8-6-5-7-9-12-22/h13-14H,4-12H2,1-3H3/b19-14-. The second-order valence-corrected chi connectivity index (χ2v) is 6.71. The smallest absolute Gasteiger partial charge is 0.264 e. The van der Waals surface area contributed by atoms with Crippen LogP contribution in [0.5, 0.6) is 0 Å². The van der Waals surface area contributed by atoms with Crippen LogP contribution in [0.25, 0.3) is 6.08 Å². The number of hydrogen-bond donors (Lipinski definition) is 0. The van der Waals surface area contributed by atoms with Crippen molar-refractivity contribution in [2.24, 2.45) is 0 Å². The topological polar surface area (TPSA) is 49.0 Å². The summed E-state index contributed by atoms with van der Waals surface area (Å²) in [5.74, 6) is -0.111. The van der Waals surface area contributed by atoms with Crippen LogP contribution in [0, 0.1) is 25.2 Å².